The lowest BCUT2D eigenvalue weighted by molar-refractivity contribution is -0.149. The molecule has 2 fully saturated rings. The molecule has 28 heavy (non-hydrogen) atoms. The first kappa shape index (κ1) is 23.1. The molecule has 1 heterocycles. The Balaban J connectivity index is 1.58. The maximum Gasteiger partial charge on any atom is 0.309 e. The molecule has 0 amide bonds. The van der Waals surface area contributed by atoms with E-state index in [0.717, 1.165) is 19.3 Å². The molecular weight excluding hydrogens is 388 g/mol. The van der Waals surface area contributed by atoms with Crippen molar-refractivity contribution in [1.82, 2.24) is 0 Å². The average molecular weight is 421 g/mol. The first-order valence-corrected chi connectivity index (χ1v) is 11.8. The highest BCUT2D eigenvalue weighted by atomic mass is 32.2. The van der Waals surface area contributed by atoms with Crippen molar-refractivity contribution < 1.29 is 37.0 Å². The Hall–Kier alpha value is -1.19. The standard InChI is InChI=1S/C19H32O8S/c1-13(4-5-14(2)24-3)18(20)25-8-10-28(22,23)11-9-26-19(21)15-6-7-16-17(12-15)27-16/h13-17H,4-12H2,1-3H3/t13?,14?,15?,16-,17?/m0/s1. The van der Waals surface area contributed by atoms with Crippen molar-refractivity contribution in [3.63, 3.8) is 0 Å². The zero-order chi connectivity index (χ0) is 20.7. The number of esters is 2. The zero-order valence-electron chi connectivity index (χ0n) is 16.9. The summed E-state index contributed by atoms with van der Waals surface area (Å²) in [6.45, 7) is 3.30. The molecule has 2 aliphatic rings. The molecule has 1 saturated carbocycles. The number of sulfone groups is 1. The van der Waals surface area contributed by atoms with E-state index in [9.17, 15) is 18.0 Å². The van der Waals surface area contributed by atoms with E-state index in [1.165, 1.54) is 0 Å². The van der Waals surface area contributed by atoms with E-state index in [-0.39, 0.29) is 54.7 Å². The van der Waals surface area contributed by atoms with Crippen LogP contribution in [0.1, 0.15) is 46.0 Å². The fraction of sp³-hybridized carbons (Fsp3) is 0.895. The van der Waals surface area contributed by atoms with Crippen LogP contribution in [0.3, 0.4) is 0 Å². The molecule has 162 valence electrons. The number of carbonyl (C=O) groups is 2. The second-order valence-electron chi connectivity index (χ2n) is 7.73. The van der Waals surface area contributed by atoms with Crippen LogP contribution in [0.15, 0.2) is 0 Å². The number of epoxide rings is 1. The van der Waals surface area contributed by atoms with Crippen LogP contribution in [0, 0.1) is 11.8 Å². The van der Waals surface area contributed by atoms with Crippen LogP contribution < -0.4 is 0 Å². The summed E-state index contributed by atoms with van der Waals surface area (Å²) >= 11 is 0. The number of hydrogen-bond donors (Lipinski definition) is 0. The van der Waals surface area contributed by atoms with Crippen molar-refractivity contribution >= 4 is 21.8 Å². The van der Waals surface area contributed by atoms with Crippen LogP contribution in [-0.2, 0) is 38.4 Å². The Morgan fingerprint density at radius 2 is 1.71 bits per heavy atom. The molecule has 9 heteroatoms. The monoisotopic (exact) mass is 420 g/mol. The molecule has 0 aromatic rings. The van der Waals surface area contributed by atoms with E-state index in [2.05, 4.69) is 0 Å². The van der Waals surface area contributed by atoms with Gasteiger partial charge in [-0.3, -0.25) is 9.59 Å². The number of hydrogen-bond acceptors (Lipinski definition) is 8. The summed E-state index contributed by atoms with van der Waals surface area (Å²) in [7, 11) is -1.85. The molecule has 1 aliphatic carbocycles. The van der Waals surface area contributed by atoms with Crippen molar-refractivity contribution in [2.24, 2.45) is 11.8 Å². The Morgan fingerprint density at radius 1 is 1.04 bits per heavy atom. The van der Waals surface area contributed by atoms with Gasteiger partial charge in [-0.05, 0) is 39.0 Å². The summed E-state index contributed by atoms with van der Waals surface area (Å²) in [5, 5.41) is 0. The van der Waals surface area contributed by atoms with E-state index in [1.54, 1.807) is 14.0 Å². The van der Waals surface area contributed by atoms with Gasteiger partial charge in [0.05, 0.1) is 41.7 Å². The number of rotatable bonds is 12. The second kappa shape index (κ2) is 10.5. The van der Waals surface area contributed by atoms with Crippen LogP contribution in [0.4, 0.5) is 0 Å². The van der Waals surface area contributed by atoms with E-state index in [4.69, 9.17) is 18.9 Å². The highest BCUT2D eigenvalue weighted by molar-refractivity contribution is 7.91. The Morgan fingerprint density at radius 3 is 2.36 bits per heavy atom. The van der Waals surface area contributed by atoms with Crippen LogP contribution in [0.25, 0.3) is 0 Å². The molecule has 0 spiro atoms. The molecule has 5 atom stereocenters. The second-order valence-corrected chi connectivity index (χ2v) is 10.0. The molecule has 1 aliphatic heterocycles. The SMILES string of the molecule is COC(C)CCC(C)C(=O)OCCS(=O)(=O)CCOC(=O)C1CC[C@@H]2OC2C1. The zero-order valence-corrected chi connectivity index (χ0v) is 17.7. The Bertz CT molecular complexity index is 632. The normalized spacial score (nSPS) is 26.0. The minimum Gasteiger partial charge on any atom is -0.464 e. The summed E-state index contributed by atoms with van der Waals surface area (Å²) < 4.78 is 44.8. The average Bonchev–Trinajstić information content (AvgIpc) is 3.43. The predicted octanol–water partition coefficient (Wildman–Crippen LogP) is 1.51. The molecular formula is C19H32O8S. The van der Waals surface area contributed by atoms with Crippen LogP contribution in [-0.4, -0.2) is 70.5 Å². The molecule has 4 unspecified atom stereocenters. The Kier molecular flexibility index (Phi) is 8.70. The summed E-state index contributed by atoms with van der Waals surface area (Å²) in [5.74, 6) is -1.83. The lowest BCUT2D eigenvalue weighted by Crippen LogP contribution is -2.27. The highest BCUT2D eigenvalue weighted by Crippen LogP contribution is 2.39. The van der Waals surface area contributed by atoms with Gasteiger partial charge in [0.1, 0.15) is 13.2 Å². The number of fused-ring (bicyclic) bond motifs is 1. The minimum absolute atomic E-state index is 0.0603. The first-order valence-electron chi connectivity index (χ1n) is 9.93. The third-order valence-corrected chi connectivity index (χ3v) is 7.00. The summed E-state index contributed by atoms with van der Waals surface area (Å²) in [5.41, 5.74) is 0. The molecule has 0 bridgehead atoms. The predicted molar refractivity (Wildman–Crippen MR) is 101 cm³/mol. The smallest absolute Gasteiger partial charge is 0.309 e. The summed E-state index contributed by atoms with van der Waals surface area (Å²) in [6, 6.07) is 0. The van der Waals surface area contributed by atoms with Gasteiger partial charge >= 0.3 is 11.9 Å². The third-order valence-electron chi connectivity index (χ3n) is 5.43. The lowest BCUT2D eigenvalue weighted by Gasteiger charge is -2.17. The molecule has 0 radical (unpaired) electrons. The number of methoxy groups -OCH3 is 1. The largest absolute Gasteiger partial charge is 0.464 e. The third kappa shape index (κ3) is 7.67. The van der Waals surface area contributed by atoms with E-state index < -0.39 is 15.8 Å². The van der Waals surface area contributed by atoms with E-state index in [0.29, 0.717) is 18.9 Å². The Labute approximate surface area is 167 Å². The topological polar surface area (TPSA) is 108 Å². The van der Waals surface area contributed by atoms with Gasteiger partial charge in [0.25, 0.3) is 0 Å². The minimum atomic E-state index is -3.46. The molecule has 0 aromatic carbocycles. The lowest BCUT2D eigenvalue weighted by atomic mass is 9.89. The van der Waals surface area contributed by atoms with Crippen molar-refractivity contribution in [1.29, 1.82) is 0 Å². The van der Waals surface area contributed by atoms with Gasteiger partial charge in [-0.25, -0.2) is 8.42 Å². The van der Waals surface area contributed by atoms with E-state index >= 15 is 0 Å². The van der Waals surface area contributed by atoms with Crippen molar-refractivity contribution in [3.05, 3.63) is 0 Å². The molecule has 0 N–H and O–H groups in total. The van der Waals surface area contributed by atoms with Gasteiger partial charge in [0.2, 0.25) is 0 Å². The molecule has 1 saturated heterocycles. The molecule has 8 nitrogen and oxygen atoms in total. The van der Waals surface area contributed by atoms with Crippen molar-refractivity contribution in [2.45, 2.75) is 64.3 Å². The highest BCUT2D eigenvalue weighted by Gasteiger charge is 2.46. The fourth-order valence-electron chi connectivity index (χ4n) is 3.24. The number of carbonyl (C=O) groups excluding carboxylic acids is 2. The molecule has 2 rings (SSSR count). The van der Waals surface area contributed by atoms with Gasteiger partial charge in [0, 0.05) is 7.11 Å². The van der Waals surface area contributed by atoms with Gasteiger partial charge < -0.3 is 18.9 Å². The number of ether oxygens (including phenoxy) is 4. The van der Waals surface area contributed by atoms with Crippen LogP contribution in [0.2, 0.25) is 0 Å². The van der Waals surface area contributed by atoms with Crippen molar-refractivity contribution in [2.75, 3.05) is 31.8 Å². The van der Waals surface area contributed by atoms with Gasteiger partial charge in [-0.15, -0.1) is 0 Å². The van der Waals surface area contributed by atoms with Crippen LogP contribution >= 0.6 is 0 Å². The van der Waals surface area contributed by atoms with Crippen LogP contribution in [0.5, 0.6) is 0 Å². The van der Waals surface area contributed by atoms with Gasteiger partial charge in [-0.2, -0.15) is 0 Å². The maximum atomic E-state index is 12.0. The first-order chi connectivity index (χ1) is 13.2. The fourth-order valence-corrected chi connectivity index (χ4v) is 4.12. The van der Waals surface area contributed by atoms with Gasteiger partial charge in [0.15, 0.2) is 9.84 Å². The summed E-state index contributed by atoms with van der Waals surface area (Å²) in [4.78, 5) is 23.9. The molecule has 0 aromatic heterocycles. The quantitative estimate of drug-likeness (QED) is 0.345. The van der Waals surface area contributed by atoms with Crippen molar-refractivity contribution in [3.8, 4) is 0 Å². The maximum absolute atomic E-state index is 12.0. The van der Waals surface area contributed by atoms with E-state index in [1.807, 2.05) is 6.92 Å². The van der Waals surface area contributed by atoms with Gasteiger partial charge in [-0.1, -0.05) is 6.92 Å². The summed E-state index contributed by atoms with van der Waals surface area (Å²) in [6.07, 6.45) is 4.12.